The van der Waals surface area contributed by atoms with Gasteiger partial charge in [0.15, 0.2) is 40.3 Å². The summed E-state index contributed by atoms with van der Waals surface area (Å²) in [6, 6.07) is 46.6. The lowest BCUT2D eigenvalue weighted by atomic mass is 9.79. The fraction of sp³-hybridized carbons (Fsp3) is 0.238. The third-order valence-corrected chi connectivity index (χ3v) is 24.5. The molecule has 13 heterocycles. The maximum Gasteiger partial charge on any atom is 0.494 e. The monoisotopic (exact) mass is 1950 g/mol. The maximum atomic E-state index is 15.1. The number of nitrogens with two attached hydrogens (primary N) is 3. The van der Waals surface area contributed by atoms with E-state index in [9.17, 15) is 31.9 Å². The summed E-state index contributed by atoms with van der Waals surface area (Å²) in [5.74, 6) is -1.50. The van der Waals surface area contributed by atoms with Crippen LogP contribution in [0.25, 0.3) is 106 Å². The summed E-state index contributed by atoms with van der Waals surface area (Å²) in [4.78, 5) is 82.1. The largest absolute Gasteiger partial charge is 0.494 e. The van der Waals surface area contributed by atoms with Crippen molar-refractivity contribution in [2.75, 3.05) is 17.2 Å². The highest BCUT2D eigenvalue weighted by molar-refractivity contribution is 14.1. The van der Waals surface area contributed by atoms with Crippen molar-refractivity contribution < 1.29 is 49.9 Å². The highest BCUT2D eigenvalue weighted by Gasteiger charge is 2.52. The third-order valence-electron chi connectivity index (χ3n) is 23.8. The smallest absolute Gasteiger partial charge is 0.488 e. The van der Waals surface area contributed by atoms with Gasteiger partial charge in [-0.1, -0.05) is 72.8 Å². The average molecular weight is 1950 g/mol. The van der Waals surface area contributed by atoms with Gasteiger partial charge in [-0.05, 0) is 276 Å². The quantitative estimate of drug-likeness (QED) is 0.0408. The van der Waals surface area contributed by atoms with E-state index >= 15 is 8.78 Å². The average Bonchev–Trinajstić information content (AvgIpc) is 1.53. The highest BCUT2D eigenvalue weighted by atomic mass is 127. The van der Waals surface area contributed by atoms with Gasteiger partial charge in [-0.15, -0.1) is 0 Å². The van der Waals surface area contributed by atoms with E-state index in [1.165, 1.54) is 86.8 Å². The van der Waals surface area contributed by atoms with Crippen molar-refractivity contribution in [3.05, 3.63) is 317 Å². The molecule has 0 amide bonds. The van der Waals surface area contributed by atoms with Crippen LogP contribution in [0.1, 0.15) is 142 Å². The summed E-state index contributed by atoms with van der Waals surface area (Å²) >= 11 is 2.08. The first-order chi connectivity index (χ1) is 64.8. The lowest BCUT2D eigenvalue weighted by Crippen LogP contribution is -2.41. The van der Waals surface area contributed by atoms with E-state index in [1.807, 2.05) is 156 Å². The number of hydrogen-bond donors (Lipinski definition) is 3. The molecule has 1 fully saturated rings. The van der Waals surface area contributed by atoms with Gasteiger partial charge in [0.2, 0.25) is 0 Å². The third kappa shape index (κ3) is 18.4. The molecule has 0 saturated carbocycles. The minimum Gasteiger partial charge on any atom is -0.488 e. The fourth-order valence-corrected chi connectivity index (χ4v) is 17.3. The molecule has 12 aromatic heterocycles. The lowest BCUT2D eigenvalue weighted by molar-refractivity contribution is 0.00578. The molecular formula is C101H95BF6IN19O8. The summed E-state index contributed by atoms with van der Waals surface area (Å²) in [6.45, 7) is 30.0. The number of rotatable bonds is 18. The molecule has 35 heteroatoms. The second-order valence-corrected chi connectivity index (χ2v) is 35.8. The second-order valence-electron chi connectivity index (χ2n) is 34.7. The Hall–Kier alpha value is -14.7. The summed E-state index contributed by atoms with van der Waals surface area (Å²) in [7, 11) is -0.553. The molecule has 136 heavy (non-hydrogen) atoms. The molecule has 0 bridgehead atoms. The van der Waals surface area contributed by atoms with Gasteiger partial charge in [-0.2, -0.15) is 5.10 Å². The lowest BCUT2D eigenvalue weighted by Gasteiger charge is -2.32. The first-order valence-electron chi connectivity index (χ1n) is 43.7. The normalized spacial score (nSPS) is 13.6. The molecule has 1 unspecified atom stereocenters. The number of hydrogen-bond acceptors (Lipinski definition) is 21. The molecule has 19 rings (SSSR count). The molecule has 1 aliphatic heterocycles. The van der Waals surface area contributed by atoms with Gasteiger partial charge in [0, 0.05) is 40.6 Å². The van der Waals surface area contributed by atoms with Crippen molar-refractivity contribution in [2.45, 2.75) is 158 Å². The van der Waals surface area contributed by atoms with Crippen LogP contribution in [-0.4, -0.2) is 114 Å². The number of benzene rings is 6. The van der Waals surface area contributed by atoms with Gasteiger partial charge in [0.1, 0.15) is 85.8 Å². The van der Waals surface area contributed by atoms with E-state index in [1.54, 1.807) is 108 Å². The SMILES string of the molecule is CC(C)Oc1ccc(B2OC(C)(C)C(C)(C)O2)cc1F.Cc1cccc2nc(C(C)n3nc(I)c4c(N)ncnc43)c(-c3cccc(F)c3)c(=O)n12.Cc1cccc2nc([C@@H](C)n3cc(-c4ccc(OC(C)C)c(F)c4)c4c(N)ncnc43)c(-c3cccc(F)c3)c(=O)n12.Cc1cccc2nc([C@H](C)n3cc(-c4ccc(OC(C)C)c(F)c4)c4c(N)ncnc43)c(-c3cccc(F)c3)c(=O)n12. The Kier molecular flexibility index (Phi) is 26.4. The van der Waals surface area contributed by atoms with Crippen LogP contribution in [0, 0.1) is 59.4 Å². The van der Waals surface area contributed by atoms with Crippen LogP contribution in [0.4, 0.5) is 43.8 Å². The van der Waals surface area contributed by atoms with Gasteiger partial charge in [0.05, 0.1) is 97.6 Å². The molecule has 1 aliphatic rings. The van der Waals surface area contributed by atoms with Crippen LogP contribution < -0.4 is 53.6 Å². The maximum absolute atomic E-state index is 15.1. The predicted molar refractivity (Wildman–Crippen MR) is 523 cm³/mol. The van der Waals surface area contributed by atoms with Crippen LogP contribution in [0.5, 0.6) is 17.2 Å². The minimum absolute atomic E-state index is 0.0628. The van der Waals surface area contributed by atoms with Crippen LogP contribution in [0.15, 0.2) is 228 Å². The molecule has 6 aromatic carbocycles. The standard InChI is InChI=1S/2C32H28F2N6O2.C22H17FIN7O.C15H22BFO3/c2*1-17(2)42-25-12-11-20(14-24(25)34)23-15-39(31-28(23)30(35)36-16-37-31)19(4)29-27(21-8-6-9-22(33)13-21)32(41)40-18(3)7-5-10-26(40)38-29;1-11-5-3-8-15-28-18(16(22(32)30(11)15)13-6-4-7-14(23)9-13)12(2)31-21-17(19(24)29-31)20(25)26-10-27-21;1-10(2)18-13-8-7-11(9-12(13)17)16-19-14(3,4)15(5,6)20-16/h2*5-17,19H,1-4H3,(H2,35,36,37);3-10,12H,1-2H3,(H2,25,26,27);7-10H,1-6H3/t2*19-;;/m10../s1. The van der Waals surface area contributed by atoms with E-state index in [-0.39, 0.29) is 75.0 Å². The topological polar surface area (TPSA) is 332 Å². The molecule has 18 aromatic rings. The Balaban J connectivity index is 0.000000136. The Morgan fingerprint density at radius 1 is 0.390 bits per heavy atom. The van der Waals surface area contributed by atoms with Gasteiger partial charge in [0.25, 0.3) is 16.7 Å². The molecule has 0 radical (unpaired) electrons. The number of anilines is 3. The zero-order chi connectivity index (χ0) is 97.1. The van der Waals surface area contributed by atoms with Gasteiger partial charge >= 0.3 is 7.12 Å². The Labute approximate surface area is 790 Å². The van der Waals surface area contributed by atoms with Crippen molar-refractivity contribution >= 4 is 103 Å². The van der Waals surface area contributed by atoms with E-state index in [0.29, 0.717) is 138 Å². The van der Waals surface area contributed by atoms with E-state index in [4.69, 9.17) is 55.7 Å². The fourth-order valence-electron chi connectivity index (χ4n) is 16.6. The number of aromatic nitrogens is 16. The predicted octanol–water partition coefficient (Wildman–Crippen LogP) is 19.3. The summed E-state index contributed by atoms with van der Waals surface area (Å²) in [5, 5.41) is 6.30. The Morgan fingerprint density at radius 3 is 1.07 bits per heavy atom. The molecule has 3 atom stereocenters. The zero-order valence-corrected chi connectivity index (χ0v) is 79.2. The number of nitrogens with zero attached hydrogens (tertiary/aromatic N) is 16. The second kappa shape index (κ2) is 38.0. The number of pyridine rings is 3. The highest BCUT2D eigenvalue weighted by Crippen LogP contribution is 2.43. The van der Waals surface area contributed by atoms with Gasteiger partial charge in [-0.3, -0.25) is 27.6 Å². The van der Waals surface area contributed by atoms with Gasteiger partial charge < -0.3 is 49.9 Å². The number of nitrogen functional groups attached to an aromatic ring is 3. The number of aryl methyl sites for hydroxylation is 3. The number of fused-ring (bicyclic) bond motifs is 6. The number of halogens is 7. The summed E-state index contributed by atoms with van der Waals surface area (Å²) < 4.78 is 126. The Morgan fingerprint density at radius 2 is 0.721 bits per heavy atom. The number of ether oxygens (including phenoxy) is 3. The van der Waals surface area contributed by atoms with Crippen molar-refractivity contribution in [3.63, 3.8) is 0 Å². The van der Waals surface area contributed by atoms with Crippen molar-refractivity contribution in [1.82, 2.24) is 77.0 Å². The van der Waals surface area contributed by atoms with E-state index < -0.39 is 71.3 Å². The molecule has 6 N–H and O–H groups in total. The minimum atomic E-state index is -0.569. The molecule has 694 valence electrons. The van der Waals surface area contributed by atoms with E-state index in [2.05, 4.69) is 57.6 Å². The van der Waals surface area contributed by atoms with Crippen molar-refractivity contribution in [3.8, 4) is 72.9 Å². The van der Waals surface area contributed by atoms with Crippen LogP contribution in [0.2, 0.25) is 0 Å². The van der Waals surface area contributed by atoms with Crippen molar-refractivity contribution in [2.24, 2.45) is 0 Å². The molecule has 27 nitrogen and oxygen atoms in total. The molecule has 0 spiro atoms. The van der Waals surface area contributed by atoms with Crippen molar-refractivity contribution in [1.29, 1.82) is 0 Å². The summed E-state index contributed by atoms with van der Waals surface area (Å²) in [5.41, 5.74) is 28.3. The molecular weight excluding hydrogens is 1860 g/mol. The van der Waals surface area contributed by atoms with Crippen LogP contribution in [0.3, 0.4) is 0 Å². The summed E-state index contributed by atoms with van der Waals surface area (Å²) in [6.07, 6.45) is 7.23. The van der Waals surface area contributed by atoms with Crippen LogP contribution in [-0.2, 0) is 9.31 Å². The first-order valence-corrected chi connectivity index (χ1v) is 44.8. The van der Waals surface area contributed by atoms with E-state index in [0.717, 1.165) is 5.69 Å². The zero-order valence-electron chi connectivity index (χ0n) is 77.0. The van der Waals surface area contributed by atoms with Crippen LogP contribution >= 0.6 is 22.6 Å². The first kappa shape index (κ1) is 94.5. The molecule has 1 saturated heterocycles. The molecule has 0 aliphatic carbocycles. The Bertz CT molecular complexity index is 7610. The van der Waals surface area contributed by atoms with Gasteiger partial charge in [-0.25, -0.2) is 75.9 Å².